The first-order chi connectivity index (χ1) is 12.9. The van der Waals surface area contributed by atoms with Gasteiger partial charge in [-0.2, -0.15) is 0 Å². The lowest BCUT2D eigenvalue weighted by Crippen LogP contribution is -2.48. The Hall–Kier alpha value is -2.66. The normalized spacial score (nSPS) is 16.0. The summed E-state index contributed by atoms with van der Waals surface area (Å²) in [6, 6.07) is 14.7. The van der Waals surface area contributed by atoms with E-state index in [1.807, 2.05) is 67.3 Å². The molecule has 3 N–H and O–H groups in total. The van der Waals surface area contributed by atoms with Crippen molar-refractivity contribution in [3.05, 3.63) is 70.8 Å². The Balaban J connectivity index is 1.51. The van der Waals surface area contributed by atoms with E-state index in [2.05, 4.69) is 5.32 Å². The van der Waals surface area contributed by atoms with Crippen molar-refractivity contribution in [3.63, 3.8) is 0 Å². The fourth-order valence-corrected chi connectivity index (χ4v) is 3.32. The van der Waals surface area contributed by atoms with E-state index in [1.54, 1.807) is 0 Å². The van der Waals surface area contributed by atoms with E-state index in [1.165, 1.54) is 0 Å². The summed E-state index contributed by atoms with van der Waals surface area (Å²) in [6.45, 7) is 5.28. The Labute approximate surface area is 160 Å². The van der Waals surface area contributed by atoms with E-state index < -0.39 is 6.04 Å². The zero-order valence-electron chi connectivity index (χ0n) is 15.9. The second-order valence-electron chi connectivity index (χ2n) is 7.33. The number of benzene rings is 2. The van der Waals surface area contributed by atoms with Crippen LogP contribution < -0.4 is 11.1 Å². The number of nitrogens with two attached hydrogens (primary N) is 1. The third-order valence-corrected chi connectivity index (χ3v) is 5.15. The van der Waals surface area contributed by atoms with E-state index in [4.69, 9.17) is 5.73 Å². The van der Waals surface area contributed by atoms with Gasteiger partial charge in [-0.15, -0.1) is 0 Å². The van der Waals surface area contributed by atoms with Crippen LogP contribution in [-0.4, -0.2) is 35.8 Å². The number of likely N-dealkylation sites (tertiary alicyclic amines) is 1. The Morgan fingerprint density at radius 3 is 2.04 bits per heavy atom. The van der Waals surface area contributed by atoms with Gasteiger partial charge in [-0.25, -0.2) is 0 Å². The molecule has 1 aliphatic rings. The average Bonchev–Trinajstić information content (AvgIpc) is 2.68. The first-order valence-electron chi connectivity index (χ1n) is 9.42. The molecule has 2 aromatic rings. The molecule has 0 aromatic heterocycles. The molecule has 1 fully saturated rings. The van der Waals surface area contributed by atoms with Gasteiger partial charge in [-0.3, -0.25) is 9.59 Å². The molecule has 0 saturated carbocycles. The van der Waals surface area contributed by atoms with Crippen LogP contribution in [0.25, 0.3) is 0 Å². The minimum atomic E-state index is -0.669. The van der Waals surface area contributed by atoms with Crippen molar-refractivity contribution in [3.8, 4) is 0 Å². The molecule has 2 aromatic carbocycles. The predicted molar refractivity (Wildman–Crippen MR) is 106 cm³/mol. The van der Waals surface area contributed by atoms with Gasteiger partial charge in [0.05, 0.1) is 0 Å². The van der Waals surface area contributed by atoms with Crippen LogP contribution in [0.4, 0.5) is 0 Å². The van der Waals surface area contributed by atoms with Crippen LogP contribution in [0.2, 0.25) is 0 Å². The number of nitrogens with zero attached hydrogens (tertiary/aromatic N) is 1. The summed E-state index contributed by atoms with van der Waals surface area (Å²) in [5.74, 6) is -0.113. The fourth-order valence-electron chi connectivity index (χ4n) is 3.32. The van der Waals surface area contributed by atoms with Gasteiger partial charge >= 0.3 is 0 Å². The van der Waals surface area contributed by atoms with E-state index in [-0.39, 0.29) is 17.9 Å². The van der Waals surface area contributed by atoms with Crippen LogP contribution in [0.15, 0.2) is 48.5 Å². The van der Waals surface area contributed by atoms with Crippen LogP contribution >= 0.6 is 0 Å². The lowest BCUT2D eigenvalue weighted by Gasteiger charge is -2.33. The van der Waals surface area contributed by atoms with Crippen LogP contribution in [0.3, 0.4) is 0 Å². The summed E-state index contributed by atoms with van der Waals surface area (Å²) in [4.78, 5) is 26.9. The summed E-state index contributed by atoms with van der Waals surface area (Å²) in [6.07, 6.45) is 1.48. The van der Waals surface area contributed by atoms with Gasteiger partial charge in [0.1, 0.15) is 6.04 Å². The minimum Gasteiger partial charge on any atom is -0.352 e. The van der Waals surface area contributed by atoms with Crippen molar-refractivity contribution < 1.29 is 9.59 Å². The molecule has 1 heterocycles. The Kier molecular flexibility index (Phi) is 5.91. The monoisotopic (exact) mass is 365 g/mol. The number of hydrogen-bond acceptors (Lipinski definition) is 3. The number of aryl methyl sites for hydroxylation is 2. The van der Waals surface area contributed by atoms with Gasteiger partial charge in [0.25, 0.3) is 5.91 Å². The highest BCUT2D eigenvalue weighted by Gasteiger charge is 2.26. The number of rotatable bonds is 4. The molecule has 0 aliphatic carbocycles. The summed E-state index contributed by atoms with van der Waals surface area (Å²) in [5, 5.41) is 3.04. The highest BCUT2D eigenvalue weighted by molar-refractivity contribution is 5.94. The van der Waals surface area contributed by atoms with Crippen molar-refractivity contribution in [1.29, 1.82) is 0 Å². The third-order valence-electron chi connectivity index (χ3n) is 5.15. The van der Waals surface area contributed by atoms with Gasteiger partial charge in [0.2, 0.25) is 5.91 Å². The zero-order chi connectivity index (χ0) is 19.4. The Morgan fingerprint density at radius 1 is 0.963 bits per heavy atom. The molecule has 1 unspecified atom stereocenters. The molecule has 3 rings (SSSR count). The summed E-state index contributed by atoms with van der Waals surface area (Å²) >= 11 is 0. The SMILES string of the molecule is Cc1ccc(C(=O)N2CCC(NC(=O)C(N)c3ccc(C)cc3)CC2)cc1. The highest BCUT2D eigenvalue weighted by atomic mass is 16.2. The lowest BCUT2D eigenvalue weighted by atomic mass is 10.0. The second-order valence-corrected chi connectivity index (χ2v) is 7.33. The van der Waals surface area contributed by atoms with Crippen LogP contribution in [0.5, 0.6) is 0 Å². The van der Waals surface area contributed by atoms with Gasteiger partial charge in [-0.05, 0) is 44.4 Å². The molecule has 27 heavy (non-hydrogen) atoms. The smallest absolute Gasteiger partial charge is 0.253 e. The van der Waals surface area contributed by atoms with Gasteiger partial charge in [-0.1, -0.05) is 47.5 Å². The molecular formula is C22H27N3O2. The summed E-state index contributed by atoms with van der Waals surface area (Å²) in [7, 11) is 0. The number of hydrogen-bond donors (Lipinski definition) is 2. The first kappa shape index (κ1) is 19.1. The molecule has 2 amide bonds. The molecule has 0 radical (unpaired) electrons. The number of nitrogens with one attached hydrogen (secondary N) is 1. The molecule has 1 aliphatic heterocycles. The summed E-state index contributed by atoms with van der Waals surface area (Å²) < 4.78 is 0. The standard InChI is InChI=1S/C22H27N3O2/c1-15-3-7-17(8-4-15)20(23)21(26)24-19-11-13-25(14-12-19)22(27)18-9-5-16(2)6-10-18/h3-10,19-20H,11-14,23H2,1-2H3,(H,24,26). The van der Waals surface area contributed by atoms with Crippen molar-refractivity contribution in [2.75, 3.05) is 13.1 Å². The molecular weight excluding hydrogens is 338 g/mol. The lowest BCUT2D eigenvalue weighted by molar-refractivity contribution is -0.123. The number of amides is 2. The fraction of sp³-hybridized carbons (Fsp3) is 0.364. The van der Waals surface area contributed by atoms with Crippen molar-refractivity contribution in [2.24, 2.45) is 5.73 Å². The minimum absolute atomic E-state index is 0.0519. The van der Waals surface area contributed by atoms with Gasteiger partial charge in [0, 0.05) is 24.7 Å². The quantitative estimate of drug-likeness (QED) is 0.875. The third kappa shape index (κ3) is 4.74. The first-order valence-corrected chi connectivity index (χ1v) is 9.42. The maximum absolute atomic E-state index is 12.6. The second kappa shape index (κ2) is 8.35. The number of carbonyl (C=O) groups is 2. The average molecular weight is 365 g/mol. The molecule has 0 bridgehead atoms. The van der Waals surface area contributed by atoms with E-state index in [0.717, 1.165) is 29.5 Å². The molecule has 5 nitrogen and oxygen atoms in total. The maximum Gasteiger partial charge on any atom is 0.253 e. The van der Waals surface area contributed by atoms with Crippen molar-refractivity contribution >= 4 is 11.8 Å². The van der Waals surface area contributed by atoms with Crippen molar-refractivity contribution in [1.82, 2.24) is 10.2 Å². The number of piperidine rings is 1. The van der Waals surface area contributed by atoms with Crippen LogP contribution in [0.1, 0.15) is 45.9 Å². The van der Waals surface area contributed by atoms with E-state index >= 15 is 0 Å². The van der Waals surface area contributed by atoms with E-state index in [0.29, 0.717) is 18.7 Å². The zero-order valence-corrected chi connectivity index (χ0v) is 15.9. The number of carbonyl (C=O) groups excluding carboxylic acids is 2. The van der Waals surface area contributed by atoms with E-state index in [9.17, 15) is 9.59 Å². The Morgan fingerprint density at radius 2 is 1.48 bits per heavy atom. The maximum atomic E-state index is 12.6. The van der Waals surface area contributed by atoms with Crippen LogP contribution in [0, 0.1) is 13.8 Å². The highest BCUT2D eigenvalue weighted by Crippen LogP contribution is 2.17. The molecule has 142 valence electrons. The molecule has 1 saturated heterocycles. The molecule has 0 spiro atoms. The van der Waals surface area contributed by atoms with Crippen LogP contribution in [-0.2, 0) is 4.79 Å². The predicted octanol–water partition coefficient (Wildman–Crippen LogP) is 2.72. The van der Waals surface area contributed by atoms with Gasteiger partial charge in [0.15, 0.2) is 0 Å². The molecule has 5 heteroatoms. The topological polar surface area (TPSA) is 75.4 Å². The van der Waals surface area contributed by atoms with Gasteiger partial charge < -0.3 is 16.0 Å². The Bertz CT molecular complexity index is 791. The summed E-state index contributed by atoms with van der Waals surface area (Å²) in [5.41, 5.74) is 9.89. The largest absolute Gasteiger partial charge is 0.352 e. The molecule has 1 atom stereocenters. The van der Waals surface area contributed by atoms with Crippen molar-refractivity contribution in [2.45, 2.75) is 38.8 Å².